The molecule has 0 amide bonds. The van der Waals surface area contributed by atoms with Crippen LogP contribution < -0.4 is 0 Å². The van der Waals surface area contributed by atoms with Crippen molar-refractivity contribution in [3.63, 3.8) is 0 Å². The van der Waals surface area contributed by atoms with Crippen molar-refractivity contribution in [2.75, 3.05) is 0 Å². The molecule has 12 heavy (non-hydrogen) atoms. The molecular formula is C10H10NO. The molecule has 0 N–H and O–H groups in total. The van der Waals surface area contributed by atoms with Gasteiger partial charge in [-0.15, -0.1) is 0 Å². The summed E-state index contributed by atoms with van der Waals surface area (Å²) in [5, 5.41) is 12.0. The number of aryl methyl sites for hydroxylation is 1. The van der Waals surface area contributed by atoms with Gasteiger partial charge in [0.1, 0.15) is 0 Å². The maximum atomic E-state index is 11.0. The van der Waals surface area contributed by atoms with E-state index in [4.69, 9.17) is 0 Å². The van der Waals surface area contributed by atoms with Gasteiger partial charge in [-0.3, -0.25) is 5.11 Å². The molecular weight excluding hydrogens is 150 g/mol. The summed E-state index contributed by atoms with van der Waals surface area (Å²) in [6.45, 7) is 3.03. The molecule has 0 saturated carbocycles. The average molecular weight is 160 g/mol. The number of nitrogens with zero attached hydrogens (tertiary/aromatic N) is 1. The molecule has 0 aliphatic heterocycles. The molecule has 1 aromatic carbocycles. The highest BCUT2D eigenvalue weighted by Crippen LogP contribution is 2.20. The molecule has 1 radical (unpaired) electrons. The van der Waals surface area contributed by atoms with Crippen molar-refractivity contribution in [1.82, 2.24) is 4.57 Å². The fraction of sp³-hybridized carbons (Fsp3) is 0.200. The second-order valence-electron chi connectivity index (χ2n) is 2.82. The van der Waals surface area contributed by atoms with Crippen LogP contribution >= 0.6 is 0 Å². The third kappa shape index (κ3) is 0.961. The van der Waals surface area contributed by atoms with Crippen molar-refractivity contribution in [3.8, 4) is 5.75 Å². The third-order valence-corrected chi connectivity index (χ3v) is 2.08. The number of aromatic nitrogens is 1. The van der Waals surface area contributed by atoms with Crippen LogP contribution in [-0.2, 0) is 11.7 Å². The van der Waals surface area contributed by atoms with Crippen LogP contribution in [0.25, 0.3) is 10.9 Å². The van der Waals surface area contributed by atoms with Gasteiger partial charge >= 0.3 is 0 Å². The smallest absolute Gasteiger partial charge is 0.179 e. The van der Waals surface area contributed by atoms with E-state index >= 15 is 0 Å². The molecule has 0 aliphatic carbocycles. The summed E-state index contributed by atoms with van der Waals surface area (Å²) < 4.78 is 2.12. The summed E-state index contributed by atoms with van der Waals surface area (Å²) in [6, 6.07) is 7.12. The third-order valence-electron chi connectivity index (χ3n) is 2.08. The number of benzene rings is 1. The Kier molecular flexibility index (Phi) is 1.54. The lowest BCUT2D eigenvalue weighted by molar-refractivity contribution is 0.355. The molecule has 1 heterocycles. The topological polar surface area (TPSA) is 24.8 Å². The highest BCUT2D eigenvalue weighted by atomic mass is 16.3. The molecule has 2 heteroatoms. The summed E-state index contributed by atoms with van der Waals surface area (Å²) in [6.07, 6.45) is 2.00. The Hall–Kier alpha value is -1.44. The molecule has 0 unspecified atom stereocenters. The van der Waals surface area contributed by atoms with Crippen LogP contribution in [0.1, 0.15) is 6.92 Å². The van der Waals surface area contributed by atoms with Gasteiger partial charge in [0, 0.05) is 23.6 Å². The molecule has 0 saturated heterocycles. The van der Waals surface area contributed by atoms with Gasteiger partial charge in [-0.05, 0) is 31.2 Å². The van der Waals surface area contributed by atoms with Crippen molar-refractivity contribution in [2.45, 2.75) is 13.5 Å². The molecule has 0 spiro atoms. The van der Waals surface area contributed by atoms with Crippen molar-refractivity contribution in [1.29, 1.82) is 0 Å². The van der Waals surface area contributed by atoms with Gasteiger partial charge in [0.05, 0.1) is 0 Å². The Morgan fingerprint density at radius 2 is 2.17 bits per heavy atom. The summed E-state index contributed by atoms with van der Waals surface area (Å²) in [5.41, 5.74) is 1.14. The fourth-order valence-corrected chi connectivity index (χ4v) is 1.45. The van der Waals surface area contributed by atoms with Crippen molar-refractivity contribution in [3.05, 3.63) is 30.5 Å². The molecule has 0 aliphatic rings. The predicted molar refractivity (Wildman–Crippen MR) is 47.7 cm³/mol. The van der Waals surface area contributed by atoms with E-state index in [1.807, 2.05) is 18.3 Å². The van der Waals surface area contributed by atoms with E-state index in [1.54, 1.807) is 12.1 Å². The largest absolute Gasteiger partial charge is 0.348 e. The standard InChI is InChI=1S/C10H10NO/c1-2-11-6-5-8-7-9(12)3-4-10(8)11/h3-7H,2H2,1H3. The van der Waals surface area contributed by atoms with Gasteiger partial charge in [-0.25, -0.2) is 0 Å². The van der Waals surface area contributed by atoms with E-state index in [-0.39, 0.29) is 5.75 Å². The number of rotatable bonds is 1. The van der Waals surface area contributed by atoms with Crippen molar-refractivity contribution in [2.24, 2.45) is 0 Å². The van der Waals surface area contributed by atoms with Crippen LogP contribution in [0.3, 0.4) is 0 Å². The van der Waals surface area contributed by atoms with E-state index in [2.05, 4.69) is 11.5 Å². The second-order valence-corrected chi connectivity index (χ2v) is 2.82. The lowest BCUT2D eigenvalue weighted by Gasteiger charge is -1.98. The van der Waals surface area contributed by atoms with Gasteiger partial charge in [0.15, 0.2) is 5.75 Å². The zero-order valence-corrected chi connectivity index (χ0v) is 6.95. The number of fused-ring (bicyclic) bond motifs is 1. The second kappa shape index (κ2) is 2.55. The van der Waals surface area contributed by atoms with Gasteiger partial charge in [-0.1, -0.05) is 0 Å². The predicted octanol–water partition coefficient (Wildman–Crippen LogP) is 2.81. The summed E-state index contributed by atoms with van der Waals surface area (Å²) >= 11 is 0. The number of hydrogen-bond acceptors (Lipinski definition) is 0. The van der Waals surface area contributed by atoms with Crippen LogP contribution in [0.4, 0.5) is 0 Å². The zero-order valence-electron chi connectivity index (χ0n) is 6.95. The summed E-state index contributed by atoms with van der Waals surface area (Å²) in [7, 11) is 0. The lowest BCUT2D eigenvalue weighted by atomic mass is 10.2. The Morgan fingerprint density at radius 1 is 1.33 bits per heavy atom. The van der Waals surface area contributed by atoms with Gasteiger partial charge in [0.2, 0.25) is 0 Å². The minimum absolute atomic E-state index is 0.0800. The quantitative estimate of drug-likeness (QED) is 0.612. The Bertz CT molecular complexity index is 403. The Labute approximate surface area is 71.1 Å². The first kappa shape index (κ1) is 7.22. The Morgan fingerprint density at radius 3 is 2.92 bits per heavy atom. The molecule has 2 nitrogen and oxygen atoms in total. The van der Waals surface area contributed by atoms with Crippen LogP contribution in [0.5, 0.6) is 5.75 Å². The first-order chi connectivity index (χ1) is 5.81. The minimum Gasteiger partial charge on any atom is -0.348 e. The number of hydrogen-bond donors (Lipinski definition) is 0. The molecule has 61 valence electrons. The summed E-state index contributed by atoms with van der Waals surface area (Å²) in [4.78, 5) is 0. The van der Waals surface area contributed by atoms with Gasteiger partial charge < -0.3 is 4.57 Å². The van der Waals surface area contributed by atoms with E-state index in [0.29, 0.717) is 0 Å². The van der Waals surface area contributed by atoms with Gasteiger partial charge in [0.25, 0.3) is 0 Å². The zero-order chi connectivity index (χ0) is 8.55. The monoisotopic (exact) mass is 160 g/mol. The fourth-order valence-electron chi connectivity index (χ4n) is 1.45. The summed E-state index contributed by atoms with van der Waals surface area (Å²) in [5.74, 6) is 0.0800. The minimum atomic E-state index is 0.0800. The van der Waals surface area contributed by atoms with Crippen LogP contribution in [0.15, 0.2) is 30.5 Å². The highest BCUT2D eigenvalue weighted by molar-refractivity contribution is 5.81. The van der Waals surface area contributed by atoms with Crippen molar-refractivity contribution >= 4 is 10.9 Å². The maximum Gasteiger partial charge on any atom is 0.179 e. The van der Waals surface area contributed by atoms with Gasteiger partial charge in [-0.2, -0.15) is 0 Å². The average Bonchev–Trinajstić information content (AvgIpc) is 2.46. The van der Waals surface area contributed by atoms with Crippen molar-refractivity contribution < 1.29 is 5.11 Å². The molecule has 0 atom stereocenters. The molecule has 0 bridgehead atoms. The van der Waals surface area contributed by atoms with E-state index in [9.17, 15) is 5.11 Å². The maximum absolute atomic E-state index is 11.0. The van der Waals surface area contributed by atoms with E-state index < -0.39 is 0 Å². The van der Waals surface area contributed by atoms with Crippen LogP contribution in [-0.4, -0.2) is 4.57 Å². The normalized spacial score (nSPS) is 10.8. The lowest BCUT2D eigenvalue weighted by Crippen LogP contribution is -1.89. The first-order valence-corrected chi connectivity index (χ1v) is 4.07. The van der Waals surface area contributed by atoms with Crippen LogP contribution in [0.2, 0.25) is 0 Å². The molecule has 1 aromatic heterocycles. The molecule has 0 fully saturated rings. The van der Waals surface area contributed by atoms with E-state index in [1.165, 1.54) is 0 Å². The first-order valence-electron chi connectivity index (χ1n) is 4.07. The SMILES string of the molecule is CCn1ccc2cc([O])ccc21. The van der Waals surface area contributed by atoms with E-state index in [0.717, 1.165) is 17.4 Å². The van der Waals surface area contributed by atoms with Crippen LogP contribution in [0, 0.1) is 0 Å². The highest BCUT2D eigenvalue weighted by Gasteiger charge is 1.99. The molecule has 2 rings (SSSR count). The Balaban J connectivity index is 2.73. The molecule has 2 aromatic rings.